The fourth-order valence-electron chi connectivity index (χ4n) is 2.62. The fraction of sp³-hybridized carbons (Fsp3) is 0.263. The number of hydrogen-bond donors (Lipinski definition) is 2. The Hall–Kier alpha value is -2.82. The molecule has 0 aliphatic rings. The molecule has 0 aliphatic heterocycles. The summed E-state index contributed by atoms with van der Waals surface area (Å²) in [4.78, 5) is 8.88. The molecule has 0 bridgehead atoms. The zero-order valence-electron chi connectivity index (χ0n) is 14.2. The predicted molar refractivity (Wildman–Crippen MR) is 98.3 cm³/mol. The Balaban J connectivity index is 1.50. The summed E-state index contributed by atoms with van der Waals surface area (Å²) in [7, 11) is 1.79. The van der Waals surface area contributed by atoms with Gasteiger partial charge in [0.2, 0.25) is 0 Å². The maximum absolute atomic E-state index is 4.60. The van der Waals surface area contributed by atoms with Gasteiger partial charge in [0.1, 0.15) is 5.65 Å². The minimum absolute atomic E-state index is 0.765. The number of hydrogen-bond acceptors (Lipinski definition) is 2. The lowest BCUT2D eigenvalue weighted by molar-refractivity contribution is 0.785. The molecule has 0 amide bonds. The smallest absolute Gasteiger partial charge is 0.191 e. The van der Waals surface area contributed by atoms with Crippen molar-refractivity contribution < 1.29 is 0 Å². The van der Waals surface area contributed by atoms with Crippen LogP contribution in [0.25, 0.3) is 5.65 Å². The zero-order chi connectivity index (χ0) is 16.8. The third kappa shape index (κ3) is 3.93. The van der Waals surface area contributed by atoms with Gasteiger partial charge in [0.25, 0.3) is 0 Å². The van der Waals surface area contributed by atoms with Gasteiger partial charge in [-0.15, -0.1) is 0 Å². The number of benzene rings is 1. The van der Waals surface area contributed by atoms with Crippen molar-refractivity contribution >= 4 is 11.6 Å². The molecular weight excluding hydrogens is 298 g/mol. The van der Waals surface area contributed by atoms with E-state index in [1.54, 1.807) is 7.05 Å². The van der Waals surface area contributed by atoms with Crippen LogP contribution >= 0.6 is 0 Å². The molecule has 2 N–H and O–H groups in total. The van der Waals surface area contributed by atoms with Gasteiger partial charge in [-0.05, 0) is 30.2 Å². The van der Waals surface area contributed by atoms with Gasteiger partial charge in [-0.25, -0.2) is 4.98 Å². The first-order chi connectivity index (χ1) is 11.8. The van der Waals surface area contributed by atoms with Crippen molar-refractivity contribution in [1.29, 1.82) is 0 Å². The summed E-state index contributed by atoms with van der Waals surface area (Å²) in [6.07, 6.45) is 4.94. The van der Waals surface area contributed by atoms with Crippen LogP contribution in [0.5, 0.6) is 0 Å². The molecule has 1 aromatic carbocycles. The molecule has 5 nitrogen and oxygen atoms in total. The third-order valence-electron chi connectivity index (χ3n) is 4.02. The molecule has 0 radical (unpaired) electrons. The van der Waals surface area contributed by atoms with E-state index in [0.717, 1.165) is 36.8 Å². The Morgan fingerprint density at radius 2 is 1.96 bits per heavy atom. The number of rotatable bonds is 5. The Morgan fingerprint density at radius 3 is 2.75 bits per heavy atom. The molecule has 124 valence electrons. The second-order valence-corrected chi connectivity index (χ2v) is 5.73. The van der Waals surface area contributed by atoms with E-state index < -0.39 is 0 Å². The van der Waals surface area contributed by atoms with E-state index in [0.29, 0.717) is 0 Å². The van der Waals surface area contributed by atoms with Crippen molar-refractivity contribution in [2.45, 2.75) is 19.9 Å². The van der Waals surface area contributed by atoms with E-state index >= 15 is 0 Å². The fourth-order valence-corrected chi connectivity index (χ4v) is 2.62. The minimum atomic E-state index is 0.765. The number of aromatic nitrogens is 2. The van der Waals surface area contributed by atoms with Crippen LogP contribution in [-0.4, -0.2) is 28.9 Å². The second-order valence-electron chi connectivity index (χ2n) is 5.73. The predicted octanol–water partition coefficient (Wildman–Crippen LogP) is 2.55. The summed E-state index contributed by atoms with van der Waals surface area (Å²) < 4.78 is 2.04. The minimum Gasteiger partial charge on any atom is -0.356 e. The lowest BCUT2D eigenvalue weighted by Crippen LogP contribution is -2.38. The number of aliphatic imine (C=N–C) groups is 1. The van der Waals surface area contributed by atoms with Gasteiger partial charge in [0.15, 0.2) is 5.96 Å². The zero-order valence-corrected chi connectivity index (χ0v) is 14.2. The molecule has 0 spiro atoms. The largest absolute Gasteiger partial charge is 0.356 e. The molecule has 2 heterocycles. The molecule has 24 heavy (non-hydrogen) atoms. The monoisotopic (exact) mass is 321 g/mol. The van der Waals surface area contributed by atoms with Crippen LogP contribution in [0.2, 0.25) is 0 Å². The van der Waals surface area contributed by atoms with Crippen molar-refractivity contribution in [2.75, 3.05) is 13.6 Å². The number of nitrogens with one attached hydrogen (secondary N) is 2. The maximum Gasteiger partial charge on any atom is 0.191 e. The number of fused-ring (bicyclic) bond motifs is 1. The molecule has 0 fully saturated rings. The molecule has 0 aliphatic carbocycles. The molecule has 3 rings (SSSR count). The Labute approximate surface area is 142 Å². The molecule has 0 saturated heterocycles. The lowest BCUT2D eigenvalue weighted by Gasteiger charge is -2.12. The summed E-state index contributed by atoms with van der Waals surface area (Å²) in [5, 5.41) is 6.69. The summed E-state index contributed by atoms with van der Waals surface area (Å²) in [5.41, 5.74) is 4.61. The Bertz CT molecular complexity index is 801. The summed E-state index contributed by atoms with van der Waals surface area (Å²) in [6.45, 7) is 3.68. The van der Waals surface area contributed by atoms with Gasteiger partial charge < -0.3 is 15.0 Å². The average molecular weight is 321 g/mol. The van der Waals surface area contributed by atoms with Crippen LogP contribution in [0, 0.1) is 6.92 Å². The van der Waals surface area contributed by atoms with Crippen LogP contribution in [0.4, 0.5) is 0 Å². The van der Waals surface area contributed by atoms with Gasteiger partial charge in [-0.2, -0.15) is 0 Å². The molecule has 0 saturated carbocycles. The number of pyridine rings is 1. The highest BCUT2D eigenvalue weighted by molar-refractivity contribution is 5.79. The number of aryl methyl sites for hydroxylation is 1. The standard InChI is InChI=1S/C19H23N5/c1-15-7-3-4-8-16(15)13-22-19(20-2)21-11-10-17-14-24-12-6-5-9-18(24)23-17/h3-9,12,14H,10-11,13H2,1-2H3,(H2,20,21,22). The topological polar surface area (TPSA) is 53.7 Å². The number of nitrogens with zero attached hydrogens (tertiary/aromatic N) is 3. The quantitative estimate of drug-likeness (QED) is 0.561. The lowest BCUT2D eigenvalue weighted by atomic mass is 10.1. The van der Waals surface area contributed by atoms with E-state index in [1.807, 2.05) is 28.8 Å². The first-order valence-electron chi connectivity index (χ1n) is 8.18. The van der Waals surface area contributed by atoms with Gasteiger partial charge in [-0.3, -0.25) is 4.99 Å². The molecule has 2 aromatic heterocycles. The number of imidazole rings is 1. The number of guanidine groups is 1. The van der Waals surface area contributed by atoms with E-state index in [9.17, 15) is 0 Å². The third-order valence-corrected chi connectivity index (χ3v) is 4.02. The van der Waals surface area contributed by atoms with Crippen LogP contribution in [0.15, 0.2) is 59.9 Å². The highest BCUT2D eigenvalue weighted by Crippen LogP contribution is 2.06. The van der Waals surface area contributed by atoms with Gasteiger partial charge in [-0.1, -0.05) is 30.3 Å². The SMILES string of the molecule is CN=C(NCCc1cn2ccccc2n1)NCc1ccccc1C. The van der Waals surface area contributed by atoms with Crippen LogP contribution < -0.4 is 10.6 Å². The van der Waals surface area contributed by atoms with E-state index in [-0.39, 0.29) is 0 Å². The van der Waals surface area contributed by atoms with Crippen LogP contribution in [-0.2, 0) is 13.0 Å². The molecular formula is C19H23N5. The Morgan fingerprint density at radius 1 is 1.12 bits per heavy atom. The van der Waals surface area contributed by atoms with Gasteiger partial charge >= 0.3 is 0 Å². The highest BCUT2D eigenvalue weighted by Gasteiger charge is 2.03. The van der Waals surface area contributed by atoms with E-state index in [1.165, 1.54) is 11.1 Å². The normalized spacial score (nSPS) is 11.7. The summed E-state index contributed by atoms with van der Waals surface area (Å²) >= 11 is 0. The van der Waals surface area contributed by atoms with Gasteiger partial charge in [0.05, 0.1) is 5.69 Å². The van der Waals surface area contributed by atoms with Gasteiger partial charge in [0, 0.05) is 39.0 Å². The molecule has 0 atom stereocenters. The van der Waals surface area contributed by atoms with Crippen molar-refractivity contribution in [3.05, 3.63) is 71.7 Å². The second kappa shape index (κ2) is 7.64. The van der Waals surface area contributed by atoms with E-state index in [4.69, 9.17) is 0 Å². The molecule has 5 heteroatoms. The van der Waals surface area contributed by atoms with Crippen molar-refractivity contribution in [3.8, 4) is 0 Å². The summed E-state index contributed by atoms with van der Waals surface area (Å²) in [5.74, 6) is 0.807. The first-order valence-corrected chi connectivity index (χ1v) is 8.18. The van der Waals surface area contributed by atoms with Crippen molar-refractivity contribution in [2.24, 2.45) is 4.99 Å². The average Bonchev–Trinajstić information content (AvgIpc) is 3.02. The first kappa shape index (κ1) is 16.1. The Kier molecular flexibility index (Phi) is 5.11. The maximum atomic E-state index is 4.60. The molecule has 0 unspecified atom stereocenters. The van der Waals surface area contributed by atoms with Crippen LogP contribution in [0.1, 0.15) is 16.8 Å². The van der Waals surface area contributed by atoms with Crippen molar-refractivity contribution in [3.63, 3.8) is 0 Å². The summed E-state index contributed by atoms with van der Waals surface area (Å²) in [6, 6.07) is 14.4. The molecule has 3 aromatic rings. The van der Waals surface area contributed by atoms with Crippen molar-refractivity contribution in [1.82, 2.24) is 20.0 Å². The van der Waals surface area contributed by atoms with E-state index in [2.05, 4.69) is 58.0 Å². The highest BCUT2D eigenvalue weighted by atomic mass is 15.2. The van der Waals surface area contributed by atoms with Crippen LogP contribution in [0.3, 0.4) is 0 Å².